The molecule has 1 aromatic rings. The molecule has 1 aliphatic carbocycles. The Bertz CT molecular complexity index is 482. The largest absolute Gasteiger partial charge is 0.477 e. The Morgan fingerprint density at radius 2 is 2.21 bits per heavy atom. The molecule has 0 spiro atoms. The highest BCUT2D eigenvalue weighted by Gasteiger charge is 2.35. The second kappa shape index (κ2) is 5.25. The van der Waals surface area contributed by atoms with E-state index in [-0.39, 0.29) is 0 Å². The fourth-order valence-corrected chi connectivity index (χ4v) is 4.63. The number of carboxylic acid groups (broad SMARTS) is 1. The summed E-state index contributed by atoms with van der Waals surface area (Å²) in [7, 11) is 0. The molecule has 0 radical (unpaired) electrons. The van der Waals surface area contributed by atoms with Crippen molar-refractivity contribution in [2.75, 3.05) is 6.54 Å². The molecule has 0 aromatic carbocycles. The molecule has 104 valence electrons. The predicted molar refractivity (Wildman–Crippen MR) is 76.8 cm³/mol. The van der Waals surface area contributed by atoms with E-state index >= 15 is 0 Å². The zero-order valence-electron chi connectivity index (χ0n) is 11.4. The first-order valence-electron chi connectivity index (χ1n) is 7.22. The fourth-order valence-electron chi connectivity index (χ4n) is 3.75. The third-order valence-corrected chi connectivity index (χ3v) is 5.79. The number of rotatable bonds is 3. The van der Waals surface area contributed by atoms with E-state index in [1.807, 2.05) is 13.0 Å². The Morgan fingerprint density at radius 3 is 2.95 bits per heavy atom. The summed E-state index contributed by atoms with van der Waals surface area (Å²) in [5.41, 5.74) is 1.22. The SMILES string of the molecule is Cc1sc(C(=O)O)cc1CN1CCCC2CCCC21. The minimum absolute atomic E-state index is 0.479. The van der Waals surface area contributed by atoms with Gasteiger partial charge in [0.2, 0.25) is 0 Å². The van der Waals surface area contributed by atoms with E-state index in [2.05, 4.69) is 4.90 Å². The van der Waals surface area contributed by atoms with Crippen LogP contribution in [0.25, 0.3) is 0 Å². The van der Waals surface area contributed by atoms with Gasteiger partial charge < -0.3 is 5.11 Å². The van der Waals surface area contributed by atoms with Gasteiger partial charge in [-0.3, -0.25) is 4.90 Å². The van der Waals surface area contributed by atoms with E-state index in [0.29, 0.717) is 4.88 Å². The van der Waals surface area contributed by atoms with Crippen molar-refractivity contribution in [3.8, 4) is 0 Å². The zero-order valence-corrected chi connectivity index (χ0v) is 12.2. The maximum absolute atomic E-state index is 11.0. The molecule has 2 aliphatic rings. The van der Waals surface area contributed by atoms with Crippen LogP contribution in [0.1, 0.15) is 52.2 Å². The summed E-state index contributed by atoms with van der Waals surface area (Å²) >= 11 is 1.41. The molecule has 2 fully saturated rings. The number of likely N-dealkylation sites (tertiary alicyclic amines) is 1. The maximum Gasteiger partial charge on any atom is 0.345 e. The molecule has 1 saturated carbocycles. The normalized spacial score (nSPS) is 27.4. The van der Waals surface area contributed by atoms with Crippen molar-refractivity contribution in [1.29, 1.82) is 0 Å². The van der Waals surface area contributed by atoms with Crippen molar-refractivity contribution in [2.24, 2.45) is 5.92 Å². The van der Waals surface area contributed by atoms with Crippen LogP contribution in [0.4, 0.5) is 0 Å². The van der Waals surface area contributed by atoms with Gasteiger partial charge in [-0.05, 0) is 56.7 Å². The molecule has 1 aromatic heterocycles. The van der Waals surface area contributed by atoms with Gasteiger partial charge in [0.15, 0.2) is 0 Å². The Kier molecular flexibility index (Phi) is 3.63. The van der Waals surface area contributed by atoms with Crippen molar-refractivity contribution in [1.82, 2.24) is 4.90 Å². The predicted octanol–water partition coefficient (Wildman–Crippen LogP) is 3.52. The third-order valence-electron chi connectivity index (χ3n) is 4.71. The Balaban J connectivity index is 1.75. The van der Waals surface area contributed by atoms with Crippen LogP contribution in [0.5, 0.6) is 0 Å². The van der Waals surface area contributed by atoms with Gasteiger partial charge >= 0.3 is 5.97 Å². The number of piperidine rings is 1. The first kappa shape index (κ1) is 13.1. The number of aryl methyl sites for hydroxylation is 1. The highest BCUT2D eigenvalue weighted by atomic mass is 32.1. The van der Waals surface area contributed by atoms with E-state index in [0.717, 1.165) is 23.4 Å². The number of thiophene rings is 1. The van der Waals surface area contributed by atoms with Gasteiger partial charge in [-0.15, -0.1) is 11.3 Å². The molecule has 2 unspecified atom stereocenters. The average molecular weight is 279 g/mol. The molecular formula is C15H21NO2S. The van der Waals surface area contributed by atoms with Crippen LogP contribution in [0, 0.1) is 12.8 Å². The number of hydrogen-bond donors (Lipinski definition) is 1. The molecule has 1 N–H and O–H groups in total. The summed E-state index contributed by atoms with van der Waals surface area (Å²) in [6.07, 6.45) is 6.79. The number of aromatic carboxylic acids is 1. The van der Waals surface area contributed by atoms with Crippen LogP contribution < -0.4 is 0 Å². The number of nitrogens with zero attached hydrogens (tertiary/aromatic N) is 1. The molecule has 19 heavy (non-hydrogen) atoms. The molecule has 1 aliphatic heterocycles. The van der Waals surface area contributed by atoms with Crippen LogP contribution in [0.15, 0.2) is 6.07 Å². The van der Waals surface area contributed by atoms with Gasteiger partial charge in [0.1, 0.15) is 4.88 Å². The van der Waals surface area contributed by atoms with Gasteiger partial charge in [-0.2, -0.15) is 0 Å². The highest BCUT2D eigenvalue weighted by Crippen LogP contribution is 2.38. The Labute approximate surface area is 118 Å². The first-order valence-corrected chi connectivity index (χ1v) is 8.03. The smallest absolute Gasteiger partial charge is 0.345 e. The summed E-state index contributed by atoms with van der Waals surface area (Å²) in [4.78, 5) is 15.3. The molecule has 3 nitrogen and oxygen atoms in total. The average Bonchev–Trinajstić information content (AvgIpc) is 2.97. The molecule has 0 amide bonds. The topological polar surface area (TPSA) is 40.5 Å². The molecule has 1 saturated heterocycles. The van der Waals surface area contributed by atoms with E-state index in [4.69, 9.17) is 5.11 Å². The van der Waals surface area contributed by atoms with Crippen molar-refractivity contribution < 1.29 is 9.90 Å². The van der Waals surface area contributed by atoms with E-state index in [1.54, 1.807) is 0 Å². The quantitative estimate of drug-likeness (QED) is 0.920. The lowest BCUT2D eigenvalue weighted by Crippen LogP contribution is -2.41. The van der Waals surface area contributed by atoms with Gasteiger partial charge in [-0.1, -0.05) is 6.42 Å². The summed E-state index contributed by atoms with van der Waals surface area (Å²) in [5.74, 6) is 0.100. The number of fused-ring (bicyclic) bond motifs is 1. The van der Waals surface area contributed by atoms with Gasteiger partial charge in [0, 0.05) is 17.5 Å². The van der Waals surface area contributed by atoms with Crippen molar-refractivity contribution in [3.63, 3.8) is 0 Å². The highest BCUT2D eigenvalue weighted by molar-refractivity contribution is 7.14. The maximum atomic E-state index is 11.0. The van der Waals surface area contributed by atoms with Crippen LogP contribution in [-0.4, -0.2) is 28.6 Å². The second-order valence-electron chi connectivity index (χ2n) is 5.87. The summed E-state index contributed by atoms with van der Waals surface area (Å²) < 4.78 is 0. The van der Waals surface area contributed by atoms with E-state index in [9.17, 15) is 4.79 Å². The summed E-state index contributed by atoms with van der Waals surface area (Å²) in [6, 6.07) is 2.63. The Hall–Kier alpha value is -0.870. The van der Waals surface area contributed by atoms with Crippen molar-refractivity contribution >= 4 is 17.3 Å². The molecule has 3 rings (SSSR count). The Morgan fingerprint density at radius 1 is 1.42 bits per heavy atom. The van der Waals surface area contributed by atoms with Gasteiger partial charge in [0.25, 0.3) is 0 Å². The van der Waals surface area contributed by atoms with Gasteiger partial charge in [0.05, 0.1) is 0 Å². The van der Waals surface area contributed by atoms with Crippen LogP contribution >= 0.6 is 11.3 Å². The minimum atomic E-state index is -0.795. The fraction of sp³-hybridized carbons (Fsp3) is 0.667. The van der Waals surface area contributed by atoms with E-state index in [1.165, 1.54) is 55.5 Å². The van der Waals surface area contributed by atoms with Crippen LogP contribution in [0.2, 0.25) is 0 Å². The van der Waals surface area contributed by atoms with Crippen molar-refractivity contribution in [2.45, 2.75) is 51.6 Å². The van der Waals surface area contributed by atoms with Crippen molar-refractivity contribution in [3.05, 3.63) is 21.4 Å². The summed E-state index contributed by atoms with van der Waals surface area (Å²) in [5, 5.41) is 9.08. The van der Waals surface area contributed by atoms with Gasteiger partial charge in [-0.25, -0.2) is 4.79 Å². The summed E-state index contributed by atoms with van der Waals surface area (Å²) in [6.45, 7) is 4.16. The standard InChI is InChI=1S/C15H21NO2S/c1-10-12(8-14(19-10)15(17)18)9-16-7-3-5-11-4-2-6-13(11)16/h8,11,13H,2-7,9H2,1H3,(H,17,18). The first-order chi connectivity index (χ1) is 9.15. The molecule has 2 heterocycles. The molecule has 0 bridgehead atoms. The zero-order chi connectivity index (χ0) is 13.4. The van der Waals surface area contributed by atoms with Crippen LogP contribution in [0.3, 0.4) is 0 Å². The lowest BCUT2D eigenvalue weighted by atomic mass is 9.91. The minimum Gasteiger partial charge on any atom is -0.477 e. The number of hydrogen-bond acceptors (Lipinski definition) is 3. The second-order valence-corrected chi connectivity index (χ2v) is 7.12. The lowest BCUT2D eigenvalue weighted by Gasteiger charge is -2.37. The molecule has 2 atom stereocenters. The molecule has 4 heteroatoms. The number of carbonyl (C=O) groups is 1. The van der Waals surface area contributed by atoms with Crippen LogP contribution in [-0.2, 0) is 6.54 Å². The molecular weight excluding hydrogens is 258 g/mol. The van der Waals surface area contributed by atoms with E-state index < -0.39 is 5.97 Å². The number of carboxylic acids is 1. The third kappa shape index (κ3) is 2.56. The lowest BCUT2D eigenvalue weighted by molar-refractivity contribution is 0.0702. The monoisotopic (exact) mass is 279 g/mol.